The van der Waals surface area contributed by atoms with Crippen LogP contribution in [0.25, 0.3) is 10.2 Å². The van der Waals surface area contributed by atoms with Crippen LogP contribution in [0.1, 0.15) is 27.3 Å². The van der Waals surface area contributed by atoms with E-state index in [1.165, 1.54) is 11.3 Å². The molecule has 0 radical (unpaired) electrons. The Kier molecular flexibility index (Phi) is 3.85. The van der Waals surface area contributed by atoms with Crippen LogP contribution < -0.4 is 5.56 Å². The molecule has 0 bridgehead atoms. The van der Waals surface area contributed by atoms with Gasteiger partial charge in [-0.2, -0.15) is 0 Å². The average Bonchev–Trinajstić information content (AvgIpc) is 3.08. The smallest absolute Gasteiger partial charge is 0.348 e. The van der Waals surface area contributed by atoms with Crippen molar-refractivity contribution in [3.63, 3.8) is 0 Å². The molecule has 0 atom stereocenters. The van der Waals surface area contributed by atoms with Gasteiger partial charge < -0.3 is 9.72 Å². The molecule has 0 unspecified atom stereocenters. The molecule has 0 saturated carbocycles. The van der Waals surface area contributed by atoms with E-state index in [1.54, 1.807) is 24.3 Å². The Balaban J connectivity index is 1.99. The van der Waals surface area contributed by atoms with Crippen LogP contribution in [0.3, 0.4) is 0 Å². The van der Waals surface area contributed by atoms with E-state index in [2.05, 4.69) is 9.97 Å². The number of aromatic amines is 1. The molecule has 7 heteroatoms. The van der Waals surface area contributed by atoms with E-state index < -0.39 is 5.97 Å². The number of ether oxygens (including phenoxy) is 1. The number of rotatable bonds is 4. The van der Waals surface area contributed by atoms with Gasteiger partial charge in [0, 0.05) is 11.3 Å². The minimum absolute atomic E-state index is 0.224. The highest BCUT2D eigenvalue weighted by atomic mass is 32.1. The first kappa shape index (κ1) is 14.0. The monoisotopic (exact) mass is 320 g/mol. The SMILES string of the molecule is CCOC(=O)c1cc2c(=O)[nH]c(Cc3cccs3)nc2s1. The summed E-state index contributed by atoms with van der Waals surface area (Å²) in [5, 5.41) is 2.41. The molecule has 0 spiro atoms. The van der Waals surface area contributed by atoms with Crippen LogP contribution in [0, 0.1) is 0 Å². The predicted octanol–water partition coefficient (Wildman–Crippen LogP) is 2.81. The molecule has 3 aromatic rings. The highest BCUT2D eigenvalue weighted by Gasteiger charge is 2.15. The summed E-state index contributed by atoms with van der Waals surface area (Å²) < 4.78 is 4.95. The number of carbonyl (C=O) groups is 1. The van der Waals surface area contributed by atoms with Gasteiger partial charge in [0.15, 0.2) is 0 Å². The molecule has 3 rings (SSSR count). The van der Waals surface area contributed by atoms with Crippen LogP contribution >= 0.6 is 22.7 Å². The lowest BCUT2D eigenvalue weighted by Crippen LogP contribution is -2.10. The minimum Gasteiger partial charge on any atom is -0.462 e. The maximum absolute atomic E-state index is 12.1. The zero-order valence-corrected chi connectivity index (χ0v) is 12.8. The van der Waals surface area contributed by atoms with Crippen LogP contribution in [-0.2, 0) is 11.2 Å². The average molecular weight is 320 g/mol. The number of nitrogens with zero attached hydrogens (tertiary/aromatic N) is 1. The fourth-order valence-electron chi connectivity index (χ4n) is 1.94. The van der Waals surface area contributed by atoms with Crippen molar-refractivity contribution in [2.75, 3.05) is 6.61 Å². The molecule has 0 aromatic carbocycles. The Labute approximate surface area is 128 Å². The summed E-state index contributed by atoms with van der Waals surface area (Å²) in [4.78, 5) is 33.1. The van der Waals surface area contributed by atoms with Gasteiger partial charge in [-0.15, -0.1) is 22.7 Å². The molecule has 0 aliphatic carbocycles. The van der Waals surface area contributed by atoms with Crippen molar-refractivity contribution in [3.05, 3.63) is 49.5 Å². The van der Waals surface area contributed by atoms with E-state index >= 15 is 0 Å². The van der Waals surface area contributed by atoms with Gasteiger partial charge in [-0.25, -0.2) is 9.78 Å². The number of thiophene rings is 2. The summed E-state index contributed by atoms with van der Waals surface area (Å²) >= 11 is 2.80. The van der Waals surface area contributed by atoms with Gasteiger partial charge in [0.05, 0.1) is 12.0 Å². The van der Waals surface area contributed by atoms with Gasteiger partial charge in [-0.1, -0.05) is 6.07 Å². The van der Waals surface area contributed by atoms with E-state index in [-0.39, 0.29) is 5.56 Å². The first-order valence-corrected chi connectivity index (χ1v) is 8.09. The van der Waals surface area contributed by atoms with Gasteiger partial charge in [-0.3, -0.25) is 4.79 Å². The van der Waals surface area contributed by atoms with Gasteiger partial charge in [0.25, 0.3) is 5.56 Å². The lowest BCUT2D eigenvalue weighted by Gasteiger charge is -1.98. The third kappa shape index (κ3) is 2.88. The van der Waals surface area contributed by atoms with Crippen LogP contribution in [0.5, 0.6) is 0 Å². The van der Waals surface area contributed by atoms with Crippen molar-refractivity contribution in [2.45, 2.75) is 13.3 Å². The second-order valence-electron chi connectivity index (χ2n) is 4.32. The summed E-state index contributed by atoms with van der Waals surface area (Å²) in [5.41, 5.74) is -0.224. The van der Waals surface area contributed by atoms with E-state index in [9.17, 15) is 9.59 Å². The molecule has 108 valence electrons. The number of hydrogen-bond donors (Lipinski definition) is 1. The van der Waals surface area contributed by atoms with Crippen molar-refractivity contribution < 1.29 is 9.53 Å². The number of H-pyrrole nitrogens is 1. The standard InChI is InChI=1S/C14H12N2O3S2/c1-2-19-14(18)10-7-9-12(17)15-11(16-13(9)21-10)6-8-4-3-5-20-8/h3-5,7H,2,6H2,1H3,(H,15,16,17). The number of carbonyl (C=O) groups excluding carboxylic acids is 1. The Bertz CT molecular complexity index is 834. The van der Waals surface area contributed by atoms with Crippen molar-refractivity contribution in [1.82, 2.24) is 9.97 Å². The van der Waals surface area contributed by atoms with E-state index in [4.69, 9.17) is 4.74 Å². The van der Waals surface area contributed by atoms with E-state index in [1.807, 2.05) is 17.5 Å². The van der Waals surface area contributed by atoms with Gasteiger partial charge in [0.2, 0.25) is 0 Å². The van der Waals surface area contributed by atoms with E-state index in [0.29, 0.717) is 33.9 Å². The Hall–Kier alpha value is -1.99. The molecule has 3 heterocycles. The second kappa shape index (κ2) is 5.79. The summed E-state index contributed by atoms with van der Waals surface area (Å²) in [7, 11) is 0. The van der Waals surface area contributed by atoms with Crippen LogP contribution in [0.15, 0.2) is 28.4 Å². The molecule has 0 fully saturated rings. The summed E-state index contributed by atoms with van der Waals surface area (Å²) in [5.74, 6) is 0.187. The first-order chi connectivity index (χ1) is 10.2. The Morgan fingerprint density at radius 1 is 1.48 bits per heavy atom. The molecule has 0 aliphatic heterocycles. The maximum Gasteiger partial charge on any atom is 0.348 e. The molecule has 1 N–H and O–H groups in total. The highest BCUT2D eigenvalue weighted by Crippen LogP contribution is 2.22. The van der Waals surface area contributed by atoms with E-state index in [0.717, 1.165) is 4.88 Å². The fourth-order valence-corrected chi connectivity index (χ4v) is 3.59. The fraction of sp³-hybridized carbons (Fsp3) is 0.214. The zero-order chi connectivity index (χ0) is 14.8. The number of esters is 1. The molecular weight excluding hydrogens is 308 g/mol. The number of aromatic nitrogens is 2. The van der Waals surface area contributed by atoms with Crippen molar-refractivity contribution in [2.24, 2.45) is 0 Å². The number of hydrogen-bond acceptors (Lipinski definition) is 6. The lowest BCUT2D eigenvalue weighted by atomic mass is 10.3. The quantitative estimate of drug-likeness (QED) is 0.750. The number of fused-ring (bicyclic) bond motifs is 1. The van der Waals surface area contributed by atoms with Gasteiger partial charge in [0.1, 0.15) is 15.5 Å². The number of nitrogens with one attached hydrogen (secondary N) is 1. The van der Waals surface area contributed by atoms with Crippen LogP contribution in [-0.4, -0.2) is 22.5 Å². The first-order valence-electron chi connectivity index (χ1n) is 6.39. The van der Waals surface area contributed by atoms with Gasteiger partial charge in [-0.05, 0) is 24.4 Å². The Morgan fingerprint density at radius 2 is 2.33 bits per heavy atom. The minimum atomic E-state index is -0.417. The molecule has 21 heavy (non-hydrogen) atoms. The topological polar surface area (TPSA) is 72.1 Å². The summed E-state index contributed by atoms with van der Waals surface area (Å²) in [6.45, 7) is 2.05. The van der Waals surface area contributed by atoms with Crippen molar-refractivity contribution in [1.29, 1.82) is 0 Å². The second-order valence-corrected chi connectivity index (χ2v) is 6.38. The molecule has 0 amide bonds. The molecule has 0 aliphatic rings. The van der Waals surface area contributed by atoms with Crippen molar-refractivity contribution in [3.8, 4) is 0 Å². The summed E-state index contributed by atoms with van der Waals surface area (Å²) in [6, 6.07) is 5.49. The zero-order valence-electron chi connectivity index (χ0n) is 11.2. The highest BCUT2D eigenvalue weighted by molar-refractivity contribution is 7.20. The molecule has 3 aromatic heterocycles. The third-order valence-electron chi connectivity index (χ3n) is 2.85. The largest absolute Gasteiger partial charge is 0.462 e. The molecular formula is C14H12N2O3S2. The lowest BCUT2D eigenvalue weighted by molar-refractivity contribution is 0.0532. The predicted molar refractivity (Wildman–Crippen MR) is 83.3 cm³/mol. The summed E-state index contributed by atoms with van der Waals surface area (Å²) in [6.07, 6.45) is 0.579. The van der Waals surface area contributed by atoms with Crippen LogP contribution in [0.2, 0.25) is 0 Å². The van der Waals surface area contributed by atoms with Crippen molar-refractivity contribution >= 4 is 38.9 Å². The normalized spacial score (nSPS) is 10.9. The molecule has 0 saturated heterocycles. The Morgan fingerprint density at radius 3 is 3.05 bits per heavy atom. The third-order valence-corrected chi connectivity index (χ3v) is 4.74. The van der Waals surface area contributed by atoms with Crippen LogP contribution in [0.4, 0.5) is 0 Å². The van der Waals surface area contributed by atoms with Gasteiger partial charge >= 0.3 is 5.97 Å². The molecule has 5 nitrogen and oxygen atoms in total. The maximum atomic E-state index is 12.1.